The van der Waals surface area contributed by atoms with Gasteiger partial charge in [-0.2, -0.15) is 5.48 Å². The molecule has 2 atom stereocenters. The molecule has 2 fully saturated rings. The van der Waals surface area contributed by atoms with Gasteiger partial charge in [0.15, 0.2) is 0 Å². The minimum Gasteiger partial charge on any atom is -0.341 e. The fourth-order valence-corrected chi connectivity index (χ4v) is 6.33. The van der Waals surface area contributed by atoms with Crippen molar-refractivity contribution in [2.75, 3.05) is 26.2 Å². The number of likely N-dealkylation sites (tertiary alicyclic amines) is 2. The average Bonchev–Trinajstić information content (AvgIpc) is 3.34. The number of aliphatic imine (C=N–C) groups is 2. The van der Waals surface area contributed by atoms with E-state index in [0.717, 1.165) is 51.4 Å². The van der Waals surface area contributed by atoms with Crippen molar-refractivity contribution >= 4 is 12.2 Å². The quantitative estimate of drug-likeness (QED) is 0.276. The smallest absolute Gasteiger partial charge is 0.220 e. The van der Waals surface area contributed by atoms with Crippen LogP contribution in [0, 0.1) is 0 Å². The second-order valence-electron chi connectivity index (χ2n) is 14.1. The normalized spacial score (nSPS) is 25.7. The highest BCUT2D eigenvalue weighted by Gasteiger charge is 2.37. The third-order valence-electron chi connectivity index (χ3n) is 8.93. The van der Waals surface area contributed by atoms with Crippen molar-refractivity contribution in [3.8, 4) is 0 Å². The highest BCUT2D eigenvalue weighted by Crippen LogP contribution is 2.46. The monoisotopic (exact) mass is 523 g/mol. The molecule has 0 bridgehead atoms. The number of benzene rings is 1. The third kappa shape index (κ3) is 6.86. The molecule has 0 radical (unpaired) electrons. The average molecular weight is 524 g/mol. The van der Waals surface area contributed by atoms with Gasteiger partial charge >= 0.3 is 0 Å². The summed E-state index contributed by atoms with van der Waals surface area (Å²) in [7, 11) is 0. The van der Waals surface area contributed by atoms with E-state index in [1.54, 1.807) is 0 Å². The number of nitrogens with zero attached hydrogens (tertiary/aromatic N) is 4. The highest BCUT2D eigenvalue weighted by molar-refractivity contribution is 5.87. The molecule has 1 aromatic carbocycles. The molecule has 6 nitrogen and oxygen atoms in total. The molecular formula is C32H53N5O. The lowest BCUT2D eigenvalue weighted by Crippen LogP contribution is -2.47. The number of piperidine rings is 1. The zero-order valence-corrected chi connectivity index (χ0v) is 25.6. The van der Waals surface area contributed by atoms with Gasteiger partial charge in [-0.1, -0.05) is 45.9 Å². The van der Waals surface area contributed by atoms with Gasteiger partial charge in [0.1, 0.15) is 0 Å². The van der Waals surface area contributed by atoms with Gasteiger partial charge in [-0.3, -0.25) is 9.74 Å². The molecule has 4 rings (SSSR count). The number of nitrogens with one attached hydrogen (secondary N) is 1. The van der Waals surface area contributed by atoms with E-state index >= 15 is 0 Å². The molecule has 38 heavy (non-hydrogen) atoms. The first-order valence-electron chi connectivity index (χ1n) is 14.9. The Bertz CT molecular complexity index is 1010. The predicted octanol–water partition coefficient (Wildman–Crippen LogP) is 6.40. The van der Waals surface area contributed by atoms with Crippen molar-refractivity contribution < 1.29 is 4.84 Å². The molecule has 2 unspecified atom stereocenters. The largest absolute Gasteiger partial charge is 0.341 e. The summed E-state index contributed by atoms with van der Waals surface area (Å²) in [5.41, 5.74) is 7.90. The second kappa shape index (κ2) is 11.4. The van der Waals surface area contributed by atoms with Crippen LogP contribution in [0.5, 0.6) is 0 Å². The van der Waals surface area contributed by atoms with Crippen molar-refractivity contribution in [1.82, 2.24) is 15.3 Å². The molecule has 6 heteroatoms. The maximum Gasteiger partial charge on any atom is 0.220 e. The Morgan fingerprint density at radius 1 is 1.03 bits per heavy atom. The molecule has 0 amide bonds. The van der Waals surface area contributed by atoms with Gasteiger partial charge in [-0.15, -0.1) is 0 Å². The topological polar surface area (TPSA) is 52.5 Å². The number of guanidine groups is 1. The molecule has 3 aliphatic rings. The Morgan fingerprint density at radius 3 is 2.32 bits per heavy atom. The Kier molecular flexibility index (Phi) is 8.76. The van der Waals surface area contributed by atoms with Crippen LogP contribution in [0.1, 0.15) is 117 Å². The van der Waals surface area contributed by atoms with Crippen molar-refractivity contribution in [2.24, 2.45) is 9.98 Å². The molecule has 1 aromatic rings. The summed E-state index contributed by atoms with van der Waals surface area (Å²) in [6.45, 7) is 24.3. The molecule has 0 saturated carbocycles. The summed E-state index contributed by atoms with van der Waals surface area (Å²) in [4.78, 5) is 20.8. The van der Waals surface area contributed by atoms with Gasteiger partial charge < -0.3 is 4.90 Å². The van der Waals surface area contributed by atoms with Crippen LogP contribution in [0.3, 0.4) is 0 Å². The van der Waals surface area contributed by atoms with Gasteiger partial charge in [-0.25, -0.2) is 9.98 Å². The first-order valence-corrected chi connectivity index (χ1v) is 14.9. The fraction of sp³-hybridized carbons (Fsp3) is 0.750. The van der Waals surface area contributed by atoms with Gasteiger partial charge in [0, 0.05) is 44.5 Å². The lowest BCUT2D eigenvalue weighted by Gasteiger charge is -2.42. The van der Waals surface area contributed by atoms with Gasteiger partial charge in [0.05, 0.1) is 11.6 Å². The molecule has 212 valence electrons. The Labute approximate surface area is 232 Å². The standard InChI is InChI=1S/C32H53N5O/c1-10-33-29(34-23(2)24-11-12-27-28(21-24)32(8,9)17-16-31(27,6)7)36-19-14-26(15-20-36)37-18-13-25(22-37)35-38-30(3,4)5/h10-12,21,23,25-26,35H,13-20,22H2,1-9H3/b33-10-,34-29?. The number of hydroxylamine groups is 1. The maximum absolute atomic E-state index is 5.83. The number of hydrogen-bond donors (Lipinski definition) is 1. The zero-order chi connectivity index (χ0) is 27.7. The summed E-state index contributed by atoms with van der Waals surface area (Å²) < 4.78 is 0. The maximum atomic E-state index is 5.83. The Morgan fingerprint density at radius 2 is 1.68 bits per heavy atom. The Balaban J connectivity index is 1.40. The fourth-order valence-electron chi connectivity index (χ4n) is 6.33. The highest BCUT2D eigenvalue weighted by atomic mass is 16.7. The molecule has 2 heterocycles. The van der Waals surface area contributed by atoms with E-state index in [1.807, 2.05) is 13.1 Å². The summed E-state index contributed by atoms with van der Waals surface area (Å²) in [6.07, 6.45) is 7.82. The van der Waals surface area contributed by atoms with Crippen LogP contribution in [0.2, 0.25) is 0 Å². The lowest BCUT2D eigenvalue weighted by atomic mass is 9.63. The predicted molar refractivity (Wildman–Crippen MR) is 160 cm³/mol. The van der Waals surface area contributed by atoms with Crippen LogP contribution in [-0.4, -0.2) is 65.8 Å². The number of fused-ring (bicyclic) bond motifs is 1. The Hall–Kier alpha value is -1.76. The summed E-state index contributed by atoms with van der Waals surface area (Å²) in [6, 6.07) is 8.23. The second-order valence-corrected chi connectivity index (χ2v) is 14.1. The van der Waals surface area contributed by atoms with E-state index in [9.17, 15) is 0 Å². The summed E-state index contributed by atoms with van der Waals surface area (Å²) in [5.74, 6) is 0.885. The molecule has 1 aliphatic carbocycles. The number of rotatable bonds is 5. The molecule has 0 aromatic heterocycles. The van der Waals surface area contributed by atoms with Crippen molar-refractivity contribution in [3.05, 3.63) is 34.9 Å². The van der Waals surface area contributed by atoms with Crippen LogP contribution < -0.4 is 5.48 Å². The van der Waals surface area contributed by atoms with E-state index in [0.29, 0.717) is 12.1 Å². The van der Waals surface area contributed by atoms with Gasteiger partial charge in [0.2, 0.25) is 5.96 Å². The van der Waals surface area contributed by atoms with Gasteiger partial charge in [0.25, 0.3) is 0 Å². The number of hydrogen-bond acceptors (Lipinski definition) is 4. The van der Waals surface area contributed by atoms with Crippen molar-refractivity contribution in [1.29, 1.82) is 0 Å². The lowest BCUT2D eigenvalue weighted by molar-refractivity contribution is -0.0870. The van der Waals surface area contributed by atoms with Crippen LogP contribution >= 0.6 is 0 Å². The van der Waals surface area contributed by atoms with E-state index in [-0.39, 0.29) is 22.5 Å². The molecular weight excluding hydrogens is 470 g/mol. The van der Waals surface area contributed by atoms with Crippen molar-refractivity contribution in [3.63, 3.8) is 0 Å². The first kappa shape index (κ1) is 29.2. The molecule has 0 spiro atoms. The molecule has 2 saturated heterocycles. The minimum absolute atomic E-state index is 0.0748. The summed E-state index contributed by atoms with van der Waals surface area (Å²) >= 11 is 0. The van der Waals surface area contributed by atoms with Crippen molar-refractivity contribution in [2.45, 2.75) is 129 Å². The van der Waals surface area contributed by atoms with E-state index in [4.69, 9.17) is 14.8 Å². The van der Waals surface area contributed by atoms with Crippen LogP contribution in [0.4, 0.5) is 0 Å². The summed E-state index contributed by atoms with van der Waals surface area (Å²) in [5, 5.41) is 0. The van der Waals surface area contributed by atoms with E-state index < -0.39 is 0 Å². The first-order chi connectivity index (χ1) is 17.8. The van der Waals surface area contributed by atoms with E-state index in [1.165, 1.54) is 29.5 Å². The van der Waals surface area contributed by atoms with Crippen LogP contribution in [-0.2, 0) is 15.7 Å². The zero-order valence-electron chi connectivity index (χ0n) is 25.6. The third-order valence-corrected chi connectivity index (χ3v) is 8.93. The van der Waals surface area contributed by atoms with Gasteiger partial charge in [-0.05, 0) is 94.2 Å². The molecule has 1 N–H and O–H groups in total. The molecule has 2 aliphatic heterocycles. The van der Waals surface area contributed by atoms with Crippen LogP contribution in [0.15, 0.2) is 28.2 Å². The van der Waals surface area contributed by atoms with E-state index in [2.05, 4.69) is 88.9 Å². The minimum atomic E-state index is -0.155. The SMILES string of the molecule is C/C=N\C(=NC(C)c1ccc2c(c1)C(C)(C)CCC2(C)C)N1CCC(N2CCC(NOC(C)(C)C)C2)CC1. The van der Waals surface area contributed by atoms with Crippen LogP contribution in [0.25, 0.3) is 0 Å².